The molecule has 0 saturated heterocycles. The normalized spacial score (nSPS) is 11.1. The van der Waals surface area contributed by atoms with E-state index >= 15 is 0 Å². The lowest BCUT2D eigenvalue weighted by Crippen LogP contribution is -2.11. The molecule has 7 heteroatoms. The summed E-state index contributed by atoms with van der Waals surface area (Å²) in [5, 5.41) is 2.38. The molecule has 0 saturated carbocycles. The number of carbonyl (C=O) groups excluding carboxylic acids is 1. The lowest BCUT2D eigenvalue weighted by atomic mass is 10.0. The molecule has 148 valence electrons. The molecule has 0 atom stereocenters. The molecule has 1 amide bonds. The largest absolute Gasteiger partial charge is 0.434 e. The molecule has 0 radical (unpaired) electrons. The molecule has 3 nitrogen and oxygen atoms in total. The van der Waals surface area contributed by atoms with E-state index in [9.17, 15) is 22.4 Å². The summed E-state index contributed by atoms with van der Waals surface area (Å²) in [5.74, 6) is -2.55. The highest BCUT2D eigenvalue weighted by Crippen LogP contribution is 2.31. The van der Waals surface area contributed by atoms with Crippen LogP contribution in [0, 0.1) is 11.6 Å². The van der Waals surface area contributed by atoms with E-state index in [-0.39, 0.29) is 22.6 Å². The first-order chi connectivity index (χ1) is 13.9. The number of amides is 1. The van der Waals surface area contributed by atoms with Crippen molar-refractivity contribution in [3.05, 3.63) is 90.0 Å². The highest BCUT2D eigenvalue weighted by Gasteiger charge is 2.15. The third kappa shape index (κ3) is 5.22. The lowest BCUT2D eigenvalue weighted by Gasteiger charge is -2.12. The van der Waals surface area contributed by atoms with Crippen molar-refractivity contribution in [2.75, 3.05) is 5.32 Å². The van der Waals surface area contributed by atoms with Crippen LogP contribution in [0.2, 0.25) is 0 Å². The molecule has 3 aromatic rings. The Bertz CT molecular complexity index is 1040. The fourth-order valence-corrected chi connectivity index (χ4v) is 2.70. The summed E-state index contributed by atoms with van der Waals surface area (Å²) in [6, 6.07) is 16.1. The molecule has 3 rings (SSSR count). The predicted molar refractivity (Wildman–Crippen MR) is 103 cm³/mol. The molecule has 0 aliphatic heterocycles. The number of halogens is 4. The Morgan fingerprint density at radius 1 is 0.966 bits per heavy atom. The van der Waals surface area contributed by atoms with Crippen molar-refractivity contribution in [3.63, 3.8) is 0 Å². The molecular formula is C22H15F4NO2. The number of para-hydroxylation sites is 1. The summed E-state index contributed by atoms with van der Waals surface area (Å²) >= 11 is 0. The van der Waals surface area contributed by atoms with E-state index in [1.807, 2.05) is 0 Å². The fraction of sp³-hybridized carbons (Fsp3) is 0.0455. The number of rotatable bonds is 6. The molecule has 29 heavy (non-hydrogen) atoms. The zero-order chi connectivity index (χ0) is 20.8. The topological polar surface area (TPSA) is 38.3 Å². The van der Waals surface area contributed by atoms with Gasteiger partial charge in [0.1, 0.15) is 17.4 Å². The van der Waals surface area contributed by atoms with Crippen LogP contribution in [0.4, 0.5) is 23.2 Å². The molecule has 0 aromatic heterocycles. The Labute approximate surface area is 164 Å². The third-order valence-corrected chi connectivity index (χ3v) is 3.94. The molecule has 0 aliphatic carbocycles. The van der Waals surface area contributed by atoms with Crippen LogP contribution in [0.15, 0.2) is 72.8 Å². The predicted octanol–water partition coefficient (Wildman–Crippen LogP) is 5.89. The average molecular weight is 401 g/mol. The van der Waals surface area contributed by atoms with Crippen molar-refractivity contribution < 1.29 is 27.1 Å². The highest BCUT2D eigenvalue weighted by atomic mass is 19.3. The maximum absolute atomic E-state index is 14.3. The van der Waals surface area contributed by atoms with E-state index in [0.717, 1.165) is 12.1 Å². The first-order valence-corrected chi connectivity index (χ1v) is 8.51. The molecule has 0 fully saturated rings. The second-order valence-corrected chi connectivity index (χ2v) is 5.92. The monoisotopic (exact) mass is 401 g/mol. The molecule has 1 N–H and O–H groups in total. The maximum Gasteiger partial charge on any atom is 0.387 e. The number of ether oxygens (including phenoxy) is 1. The summed E-state index contributed by atoms with van der Waals surface area (Å²) in [7, 11) is 0. The summed E-state index contributed by atoms with van der Waals surface area (Å²) in [4.78, 5) is 12.3. The number of hydrogen-bond acceptors (Lipinski definition) is 2. The van der Waals surface area contributed by atoms with Gasteiger partial charge in [-0.05, 0) is 23.8 Å². The molecule has 0 spiro atoms. The Kier molecular flexibility index (Phi) is 6.29. The summed E-state index contributed by atoms with van der Waals surface area (Å²) in [6.07, 6.45) is 2.31. The Balaban J connectivity index is 1.86. The minimum Gasteiger partial charge on any atom is -0.434 e. The molecule has 0 unspecified atom stereocenters. The van der Waals surface area contributed by atoms with Gasteiger partial charge in [-0.15, -0.1) is 0 Å². The van der Waals surface area contributed by atoms with Crippen LogP contribution in [0.3, 0.4) is 0 Å². The lowest BCUT2D eigenvalue weighted by molar-refractivity contribution is -0.111. The number of alkyl halides is 2. The van der Waals surface area contributed by atoms with Crippen LogP contribution in [0.1, 0.15) is 5.56 Å². The summed E-state index contributed by atoms with van der Waals surface area (Å²) in [5.41, 5.74) is 0.738. The van der Waals surface area contributed by atoms with E-state index in [4.69, 9.17) is 0 Å². The maximum atomic E-state index is 14.3. The first-order valence-electron chi connectivity index (χ1n) is 8.51. The average Bonchev–Trinajstić information content (AvgIpc) is 2.69. The van der Waals surface area contributed by atoms with Gasteiger partial charge in [-0.2, -0.15) is 8.78 Å². The van der Waals surface area contributed by atoms with E-state index in [1.54, 1.807) is 36.4 Å². The quantitative estimate of drug-likeness (QED) is 0.413. The molecule has 3 aromatic carbocycles. The minimum atomic E-state index is -3.01. The van der Waals surface area contributed by atoms with Gasteiger partial charge in [0.15, 0.2) is 0 Å². The van der Waals surface area contributed by atoms with Gasteiger partial charge in [0.25, 0.3) is 0 Å². The van der Waals surface area contributed by atoms with E-state index in [1.165, 1.54) is 24.3 Å². The van der Waals surface area contributed by atoms with Gasteiger partial charge in [-0.25, -0.2) is 8.78 Å². The number of anilines is 1. The fourth-order valence-electron chi connectivity index (χ4n) is 2.70. The Morgan fingerprint density at radius 2 is 1.66 bits per heavy atom. The van der Waals surface area contributed by atoms with E-state index in [2.05, 4.69) is 10.1 Å². The zero-order valence-corrected chi connectivity index (χ0v) is 14.9. The van der Waals surface area contributed by atoms with Crippen LogP contribution in [-0.2, 0) is 4.79 Å². The van der Waals surface area contributed by atoms with Crippen molar-refractivity contribution in [1.82, 2.24) is 0 Å². The van der Waals surface area contributed by atoms with Gasteiger partial charge in [0.2, 0.25) is 5.91 Å². The van der Waals surface area contributed by atoms with Crippen molar-refractivity contribution in [2.45, 2.75) is 6.61 Å². The van der Waals surface area contributed by atoms with Crippen LogP contribution in [0.5, 0.6) is 5.75 Å². The SMILES string of the molecule is O=C(/C=C/c1ccccc1OC(F)F)Nc1c(F)cc(F)cc1-c1ccccc1. The number of benzene rings is 3. The molecule has 0 aliphatic rings. The molecule has 0 bridgehead atoms. The van der Waals surface area contributed by atoms with Crippen LogP contribution in [-0.4, -0.2) is 12.5 Å². The van der Waals surface area contributed by atoms with Crippen molar-refractivity contribution in [2.24, 2.45) is 0 Å². The van der Waals surface area contributed by atoms with Crippen molar-refractivity contribution in [3.8, 4) is 16.9 Å². The van der Waals surface area contributed by atoms with Crippen LogP contribution in [0.25, 0.3) is 17.2 Å². The van der Waals surface area contributed by atoms with Gasteiger partial charge < -0.3 is 10.1 Å². The number of nitrogens with one attached hydrogen (secondary N) is 1. The molecular weight excluding hydrogens is 386 g/mol. The first kappa shape index (κ1) is 20.1. The smallest absolute Gasteiger partial charge is 0.387 e. The van der Waals surface area contributed by atoms with Gasteiger partial charge in [0, 0.05) is 23.3 Å². The van der Waals surface area contributed by atoms with E-state index in [0.29, 0.717) is 11.6 Å². The Morgan fingerprint density at radius 3 is 2.38 bits per heavy atom. The van der Waals surface area contributed by atoms with Crippen LogP contribution < -0.4 is 10.1 Å². The number of hydrogen-bond donors (Lipinski definition) is 1. The summed E-state index contributed by atoms with van der Waals surface area (Å²) in [6.45, 7) is -3.01. The van der Waals surface area contributed by atoms with Crippen LogP contribution >= 0.6 is 0 Å². The third-order valence-electron chi connectivity index (χ3n) is 3.94. The highest BCUT2D eigenvalue weighted by molar-refractivity contribution is 6.04. The van der Waals surface area contributed by atoms with Gasteiger partial charge in [-0.1, -0.05) is 48.5 Å². The second-order valence-electron chi connectivity index (χ2n) is 5.92. The minimum absolute atomic E-state index is 0.107. The van der Waals surface area contributed by atoms with Gasteiger partial charge >= 0.3 is 6.61 Å². The van der Waals surface area contributed by atoms with Gasteiger partial charge in [-0.3, -0.25) is 4.79 Å². The molecule has 0 heterocycles. The van der Waals surface area contributed by atoms with Gasteiger partial charge in [0.05, 0.1) is 5.69 Å². The Hall–Kier alpha value is -3.61. The standard InChI is InChI=1S/C22H15F4NO2/c23-16-12-17(14-6-2-1-3-7-14)21(18(24)13-16)27-20(28)11-10-15-8-4-5-9-19(15)29-22(25)26/h1-13,22H,(H,27,28)/b11-10+. The zero-order valence-electron chi connectivity index (χ0n) is 14.9. The van der Waals surface area contributed by atoms with Crippen molar-refractivity contribution >= 4 is 17.7 Å². The second kappa shape index (κ2) is 9.05. The van der Waals surface area contributed by atoms with Crippen molar-refractivity contribution in [1.29, 1.82) is 0 Å². The van der Waals surface area contributed by atoms with E-state index < -0.39 is 24.2 Å². The summed E-state index contributed by atoms with van der Waals surface area (Å²) < 4.78 is 57.4. The number of carbonyl (C=O) groups is 1.